The first-order chi connectivity index (χ1) is 21.2. The maximum atomic E-state index is 12.9. The second-order valence-corrected chi connectivity index (χ2v) is 14.2. The summed E-state index contributed by atoms with van der Waals surface area (Å²) < 4.78 is 41.0. The lowest BCUT2D eigenvalue weighted by atomic mass is 9.68. The lowest BCUT2D eigenvalue weighted by Crippen LogP contribution is -2.39. The van der Waals surface area contributed by atoms with E-state index in [-0.39, 0.29) is 10.9 Å². The van der Waals surface area contributed by atoms with Gasteiger partial charge in [-0.3, -0.25) is 4.90 Å². The van der Waals surface area contributed by atoms with Crippen LogP contribution in [0.25, 0.3) is 21.1 Å². The summed E-state index contributed by atoms with van der Waals surface area (Å²) in [6, 6.07) is 10.7. The van der Waals surface area contributed by atoms with Gasteiger partial charge in [-0.2, -0.15) is 18.4 Å². The number of hydrogen-bond donors (Lipinski definition) is 1. The lowest BCUT2D eigenvalue weighted by Gasteiger charge is -2.38. The SMILES string of the molecule is Cc1c(CN2CCC(Nc3ncnc4sc(CC(F)(F)F)cc34)CC2)ccc2c1cc(C#N)n2CCN1CCC2(CCC2)C1. The van der Waals surface area contributed by atoms with Crippen LogP contribution in [0.1, 0.15) is 60.2 Å². The first kappa shape index (κ1) is 29.5. The molecule has 0 radical (unpaired) electrons. The number of aromatic nitrogens is 3. The average Bonchev–Trinajstić information content (AvgIpc) is 3.69. The summed E-state index contributed by atoms with van der Waals surface area (Å²) in [4.78, 5) is 14.4. The van der Waals surface area contributed by atoms with E-state index in [0.717, 1.165) is 68.1 Å². The van der Waals surface area contributed by atoms with Crippen LogP contribution >= 0.6 is 11.3 Å². The molecular formula is C33H38F3N7S. The number of hydrogen-bond acceptors (Lipinski definition) is 7. The van der Waals surface area contributed by atoms with Crippen LogP contribution in [0.4, 0.5) is 19.0 Å². The second-order valence-electron chi connectivity index (χ2n) is 13.1. The van der Waals surface area contributed by atoms with Gasteiger partial charge in [-0.15, -0.1) is 11.3 Å². The van der Waals surface area contributed by atoms with E-state index in [9.17, 15) is 18.4 Å². The molecule has 4 aromatic rings. The third kappa shape index (κ3) is 5.92. The number of piperidine rings is 1. The molecule has 0 amide bonds. The zero-order valence-corrected chi connectivity index (χ0v) is 25.9. The molecule has 1 aromatic carbocycles. The molecule has 1 spiro atoms. The number of anilines is 1. The first-order valence-electron chi connectivity index (χ1n) is 15.7. The molecule has 1 aliphatic carbocycles. The third-order valence-corrected chi connectivity index (χ3v) is 11.3. The van der Waals surface area contributed by atoms with Crippen LogP contribution in [-0.4, -0.2) is 69.3 Å². The number of halogens is 3. The quantitative estimate of drug-likeness (QED) is 0.231. The molecule has 3 fully saturated rings. The minimum absolute atomic E-state index is 0.195. The van der Waals surface area contributed by atoms with Crippen molar-refractivity contribution in [2.45, 2.75) is 77.2 Å². The predicted molar refractivity (Wildman–Crippen MR) is 168 cm³/mol. The largest absolute Gasteiger partial charge is 0.393 e. The number of nitriles is 1. The van der Waals surface area contributed by atoms with Crippen LogP contribution in [0.2, 0.25) is 0 Å². The van der Waals surface area contributed by atoms with Crippen molar-refractivity contribution in [1.29, 1.82) is 5.26 Å². The Hall–Kier alpha value is -3.20. The van der Waals surface area contributed by atoms with E-state index in [1.165, 1.54) is 61.6 Å². The highest BCUT2D eigenvalue weighted by molar-refractivity contribution is 7.18. The maximum absolute atomic E-state index is 12.9. The normalized spacial score (nSPS) is 19.6. The maximum Gasteiger partial charge on any atom is 0.393 e. The molecule has 5 heterocycles. The molecule has 1 N–H and O–H groups in total. The molecule has 0 atom stereocenters. The molecule has 44 heavy (non-hydrogen) atoms. The average molecular weight is 622 g/mol. The summed E-state index contributed by atoms with van der Waals surface area (Å²) >= 11 is 1.08. The summed E-state index contributed by atoms with van der Waals surface area (Å²) in [5.41, 5.74) is 4.99. The molecule has 7 rings (SSSR count). The van der Waals surface area contributed by atoms with Crippen molar-refractivity contribution in [2.24, 2.45) is 5.41 Å². The number of rotatable bonds is 8. The Morgan fingerprint density at radius 1 is 1.05 bits per heavy atom. The third-order valence-electron chi connectivity index (χ3n) is 10.2. The summed E-state index contributed by atoms with van der Waals surface area (Å²) in [6.45, 7) is 9.07. The topological polar surface area (TPSA) is 73.0 Å². The van der Waals surface area contributed by atoms with Gasteiger partial charge in [0, 0.05) is 61.1 Å². The molecule has 3 aromatic heterocycles. The highest BCUT2D eigenvalue weighted by atomic mass is 32.1. The fourth-order valence-electron chi connectivity index (χ4n) is 7.55. The highest BCUT2D eigenvalue weighted by Crippen LogP contribution is 2.48. The van der Waals surface area contributed by atoms with E-state index < -0.39 is 12.6 Å². The fourth-order valence-corrected chi connectivity index (χ4v) is 8.57. The van der Waals surface area contributed by atoms with Crippen LogP contribution in [0, 0.1) is 23.7 Å². The van der Waals surface area contributed by atoms with Gasteiger partial charge in [0.05, 0.1) is 11.8 Å². The van der Waals surface area contributed by atoms with Gasteiger partial charge in [0.1, 0.15) is 28.7 Å². The molecule has 2 aliphatic heterocycles. The van der Waals surface area contributed by atoms with Crippen LogP contribution in [0.3, 0.4) is 0 Å². The number of likely N-dealkylation sites (tertiary alicyclic amines) is 2. The van der Waals surface area contributed by atoms with Crippen molar-refractivity contribution < 1.29 is 13.2 Å². The van der Waals surface area contributed by atoms with Crippen LogP contribution < -0.4 is 5.32 Å². The van der Waals surface area contributed by atoms with Gasteiger partial charge in [-0.25, -0.2) is 9.97 Å². The van der Waals surface area contributed by atoms with E-state index in [2.05, 4.69) is 60.8 Å². The molecule has 3 aliphatic rings. The van der Waals surface area contributed by atoms with Gasteiger partial charge in [-0.05, 0) is 80.3 Å². The Bertz CT molecular complexity index is 1710. The number of alkyl halides is 3. The van der Waals surface area contributed by atoms with Crippen LogP contribution in [0.15, 0.2) is 30.6 Å². The van der Waals surface area contributed by atoms with E-state index in [1.807, 2.05) is 0 Å². The minimum Gasteiger partial charge on any atom is -0.367 e. The van der Waals surface area contributed by atoms with Gasteiger partial charge in [-0.1, -0.05) is 12.5 Å². The number of nitrogens with one attached hydrogen (secondary N) is 1. The van der Waals surface area contributed by atoms with Gasteiger partial charge in [0.2, 0.25) is 0 Å². The molecule has 232 valence electrons. The summed E-state index contributed by atoms with van der Waals surface area (Å²) in [6.07, 6.45) is 3.53. The molecule has 7 nitrogen and oxygen atoms in total. The number of fused-ring (bicyclic) bond motifs is 2. The van der Waals surface area contributed by atoms with Crippen molar-refractivity contribution in [1.82, 2.24) is 24.3 Å². The fraction of sp³-hybridized carbons (Fsp3) is 0.545. The molecular weight excluding hydrogens is 583 g/mol. The van der Waals surface area contributed by atoms with E-state index in [0.29, 0.717) is 21.4 Å². The predicted octanol–water partition coefficient (Wildman–Crippen LogP) is 6.88. The zero-order chi connectivity index (χ0) is 30.5. The first-order valence-corrected chi connectivity index (χ1v) is 16.5. The van der Waals surface area contributed by atoms with E-state index >= 15 is 0 Å². The highest BCUT2D eigenvalue weighted by Gasteiger charge is 2.42. The Kier molecular flexibility index (Phi) is 7.79. The molecule has 11 heteroatoms. The zero-order valence-electron chi connectivity index (χ0n) is 25.1. The Morgan fingerprint density at radius 2 is 1.86 bits per heavy atom. The number of nitrogens with zero attached hydrogens (tertiary/aromatic N) is 6. The van der Waals surface area contributed by atoms with Crippen molar-refractivity contribution >= 4 is 38.3 Å². The monoisotopic (exact) mass is 621 g/mol. The molecule has 0 unspecified atom stereocenters. The standard InChI is InChI=1S/C33H38F3N7S/c1-22-23(3-4-29-27(22)15-25(18-37)43(29)14-13-42-12-9-32(20-42)7-2-8-32)19-41-10-5-24(6-11-41)40-30-28-16-26(17-33(34,35)36)44-31(28)39-21-38-30/h3-4,15-16,21,24H,2,5-14,17,19-20H2,1H3,(H,38,39,40). The summed E-state index contributed by atoms with van der Waals surface area (Å²) in [5.74, 6) is 0.615. The van der Waals surface area contributed by atoms with Crippen molar-refractivity contribution in [3.05, 3.63) is 52.3 Å². The van der Waals surface area contributed by atoms with E-state index in [4.69, 9.17) is 0 Å². The van der Waals surface area contributed by atoms with Gasteiger partial charge in [0.15, 0.2) is 0 Å². The Morgan fingerprint density at radius 3 is 2.57 bits per heavy atom. The minimum atomic E-state index is -4.24. The molecule has 1 saturated carbocycles. The number of thiophene rings is 1. The smallest absolute Gasteiger partial charge is 0.367 e. The van der Waals surface area contributed by atoms with Gasteiger partial charge in [0.25, 0.3) is 0 Å². The summed E-state index contributed by atoms with van der Waals surface area (Å²) in [7, 11) is 0. The van der Waals surface area contributed by atoms with E-state index in [1.54, 1.807) is 6.07 Å². The Labute approximate surface area is 259 Å². The summed E-state index contributed by atoms with van der Waals surface area (Å²) in [5, 5.41) is 15.3. The van der Waals surface area contributed by atoms with Gasteiger partial charge >= 0.3 is 6.18 Å². The van der Waals surface area contributed by atoms with Crippen molar-refractivity contribution in [3.63, 3.8) is 0 Å². The van der Waals surface area contributed by atoms with Crippen molar-refractivity contribution in [2.75, 3.05) is 38.0 Å². The van der Waals surface area contributed by atoms with Gasteiger partial charge < -0.3 is 14.8 Å². The van der Waals surface area contributed by atoms with Crippen LogP contribution in [-0.2, 0) is 19.5 Å². The molecule has 0 bridgehead atoms. The van der Waals surface area contributed by atoms with Crippen molar-refractivity contribution in [3.8, 4) is 6.07 Å². The molecule has 2 saturated heterocycles. The lowest BCUT2D eigenvalue weighted by molar-refractivity contribution is -0.126. The van der Waals surface area contributed by atoms with Crippen LogP contribution in [0.5, 0.6) is 0 Å². The number of benzene rings is 1. The Balaban J connectivity index is 0.978. The number of aryl methyl sites for hydroxylation is 1. The second kappa shape index (κ2) is 11.6.